The standard InChI is InChI=1S/C14H17F3NO6P/c15-14(16,17)10-2-4-11(5-3-10)18-8-25(23,24)7-9(13(21)22)1-6-12(19)20/h2-5,9,18H,1,6-8H2,(H,19,20)(H,21,22)(H,23,24). The number of halogens is 3. The van der Waals surface area contributed by atoms with Gasteiger partial charge in [-0.3, -0.25) is 14.2 Å². The van der Waals surface area contributed by atoms with Gasteiger partial charge in [-0.25, -0.2) is 0 Å². The molecule has 0 bridgehead atoms. The maximum Gasteiger partial charge on any atom is 0.416 e. The zero-order chi connectivity index (χ0) is 19.3. The Balaban J connectivity index is 2.66. The number of rotatable bonds is 9. The summed E-state index contributed by atoms with van der Waals surface area (Å²) in [6, 6.07) is 3.78. The van der Waals surface area contributed by atoms with Crippen LogP contribution in [0.4, 0.5) is 18.9 Å². The fourth-order valence-corrected chi connectivity index (χ4v) is 3.58. The zero-order valence-electron chi connectivity index (χ0n) is 12.9. The Morgan fingerprint density at radius 1 is 1.16 bits per heavy atom. The van der Waals surface area contributed by atoms with Crippen molar-refractivity contribution in [3.05, 3.63) is 29.8 Å². The molecule has 4 N–H and O–H groups in total. The average molecular weight is 383 g/mol. The highest BCUT2D eigenvalue weighted by Crippen LogP contribution is 2.43. The third-order valence-electron chi connectivity index (χ3n) is 3.30. The number of nitrogens with one attached hydrogen (secondary N) is 1. The summed E-state index contributed by atoms with van der Waals surface area (Å²) in [5.74, 6) is -3.91. The summed E-state index contributed by atoms with van der Waals surface area (Å²) in [5.41, 5.74) is -0.704. The van der Waals surface area contributed by atoms with Gasteiger partial charge in [-0.2, -0.15) is 13.2 Å². The molecule has 0 saturated heterocycles. The van der Waals surface area contributed by atoms with E-state index in [1.807, 2.05) is 0 Å². The lowest BCUT2D eigenvalue weighted by molar-refractivity contribution is -0.142. The molecule has 0 heterocycles. The Hall–Kier alpha value is -2.06. The second-order valence-corrected chi connectivity index (χ2v) is 7.78. The van der Waals surface area contributed by atoms with E-state index in [0.717, 1.165) is 24.3 Å². The fourth-order valence-electron chi connectivity index (χ4n) is 1.99. The predicted molar refractivity (Wildman–Crippen MR) is 82.6 cm³/mol. The molecule has 1 aromatic rings. The molecule has 0 fully saturated rings. The van der Waals surface area contributed by atoms with Crippen LogP contribution in [0, 0.1) is 5.92 Å². The van der Waals surface area contributed by atoms with Crippen LogP contribution in [-0.4, -0.2) is 39.5 Å². The molecule has 0 aliphatic heterocycles. The monoisotopic (exact) mass is 383 g/mol. The molecule has 0 radical (unpaired) electrons. The van der Waals surface area contributed by atoms with Gasteiger partial charge in [0.2, 0.25) is 7.37 Å². The number of aliphatic carboxylic acids is 2. The van der Waals surface area contributed by atoms with Gasteiger partial charge in [0.15, 0.2) is 0 Å². The van der Waals surface area contributed by atoms with Crippen molar-refractivity contribution in [3.8, 4) is 0 Å². The Labute approximate surface area is 140 Å². The smallest absolute Gasteiger partial charge is 0.416 e. The third kappa shape index (κ3) is 7.57. The number of carboxylic acids is 2. The molecule has 2 unspecified atom stereocenters. The molecule has 7 nitrogen and oxygen atoms in total. The second-order valence-electron chi connectivity index (χ2n) is 5.41. The molecule has 2 atom stereocenters. The van der Waals surface area contributed by atoms with E-state index in [1.54, 1.807) is 0 Å². The van der Waals surface area contributed by atoms with Crippen LogP contribution in [-0.2, 0) is 20.3 Å². The molecule has 0 amide bonds. The van der Waals surface area contributed by atoms with E-state index in [4.69, 9.17) is 10.2 Å². The highest BCUT2D eigenvalue weighted by molar-refractivity contribution is 7.58. The van der Waals surface area contributed by atoms with E-state index in [0.29, 0.717) is 0 Å². The normalized spacial score (nSPS) is 15.2. The van der Waals surface area contributed by atoms with Crippen LogP contribution in [0.2, 0.25) is 0 Å². The van der Waals surface area contributed by atoms with E-state index < -0.39 is 55.8 Å². The fraction of sp³-hybridized carbons (Fsp3) is 0.429. The molecule has 0 saturated carbocycles. The van der Waals surface area contributed by atoms with Crippen molar-refractivity contribution >= 4 is 25.0 Å². The molecular weight excluding hydrogens is 366 g/mol. The molecule has 0 aliphatic rings. The number of hydrogen-bond donors (Lipinski definition) is 4. The Bertz CT molecular complexity index is 662. The van der Waals surface area contributed by atoms with E-state index in [-0.39, 0.29) is 12.1 Å². The van der Waals surface area contributed by atoms with Crippen LogP contribution in [0.15, 0.2) is 24.3 Å². The van der Waals surface area contributed by atoms with Gasteiger partial charge in [-0.15, -0.1) is 0 Å². The molecule has 0 aliphatic carbocycles. The van der Waals surface area contributed by atoms with Crippen molar-refractivity contribution < 1.29 is 42.4 Å². The summed E-state index contributed by atoms with van der Waals surface area (Å²) in [5, 5.41) is 20.0. The van der Waals surface area contributed by atoms with Crippen LogP contribution in [0.25, 0.3) is 0 Å². The first-order valence-corrected chi connectivity index (χ1v) is 9.10. The van der Waals surface area contributed by atoms with Crippen molar-refractivity contribution in [2.45, 2.75) is 19.0 Å². The topological polar surface area (TPSA) is 124 Å². The largest absolute Gasteiger partial charge is 0.481 e. The molecule has 1 aromatic carbocycles. The summed E-state index contributed by atoms with van der Waals surface area (Å²) >= 11 is 0. The van der Waals surface area contributed by atoms with Gasteiger partial charge in [-0.1, -0.05) is 0 Å². The van der Waals surface area contributed by atoms with Crippen molar-refractivity contribution in [3.63, 3.8) is 0 Å². The van der Waals surface area contributed by atoms with E-state index in [1.165, 1.54) is 0 Å². The van der Waals surface area contributed by atoms with Crippen LogP contribution in [0.1, 0.15) is 18.4 Å². The second kappa shape index (κ2) is 8.35. The molecule has 140 valence electrons. The number of hydrogen-bond acceptors (Lipinski definition) is 4. The molecule has 1 rings (SSSR count). The lowest BCUT2D eigenvalue weighted by Crippen LogP contribution is -2.21. The zero-order valence-corrected chi connectivity index (χ0v) is 13.8. The predicted octanol–water partition coefficient (Wildman–Crippen LogP) is 2.91. The Morgan fingerprint density at radius 2 is 1.72 bits per heavy atom. The molecule has 0 aromatic heterocycles. The third-order valence-corrected chi connectivity index (χ3v) is 4.97. The van der Waals surface area contributed by atoms with Gasteiger partial charge in [0.25, 0.3) is 0 Å². The quantitative estimate of drug-likeness (QED) is 0.483. The van der Waals surface area contributed by atoms with Gasteiger partial charge in [0, 0.05) is 18.3 Å². The first kappa shape index (κ1) is 21.0. The number of benzene rings is 1. The minimum absolute atomic E-state index is 0.166. The Kier molecular flexibility index (Phi) is 7.01. The average Bonchev–Trinajstić information content (AvgIpc) is 2.48. The van der Waals surface area contributed by atoms with Gasteiger partial charge in [-0.05, 0) is 30.7 Å². The first-order valence-electron chi connectivity index (χ1n) is 7.07. The van der Waals surface area contributed by atoms with E-state index in [9.17, 15) is 32.2 Å². The summed E-state index contributed by atoms with van der Waals surface area (Å²) in [6.07, 6.45) is -6.43. The van der Waals surface area contributed by atoms with Gasteiger partial charge >= 0.3 is 18.1 Å². The molecule has 25 heavy (non-hydrogen) atoms. The number of carbonyl (C=O) groups is 2. The lowest BCUT2D eigenvalue weighted by atomic mass is 10.1. The highest BCUT2D eigenvalue weighted by atomic mass is 31.2. The molecular formula is C14H17F3NO6P. The lowest BCUT2D eigenvalue weighted by Gasteiger charge is -2.18. The van der Waals surface area contributed by atoms with Gasteiger partial charge < -0.3 is 20.4 Å². The number of carboxylic acid groups (broad SMARTS) is 2. The Morgan fingerprint density at radius 3 is 2.16 bits per heavy atom. The van der Waals surface area contributed by atoms with E-state index in [2.05, 4.69) is 5.32 Å². The van der Waals surface area contributed by atoms with Crippen LogP contribution in [0.3, 0.4) is 0 Å². The van der Waals surface area contributed by atoms with Crippen molar-refractivity contribution in [1.29, 1.82) is 0 Å². The molecule has 11 heteroatoms. The summed E-state index contributed by atoms with van der Waals surface area (Å²) in [4.78, 5) is 31.4. The highest BCUT2D eigenvalue weighted by Gasteiger charge is 2.31. The minimum atomic E-state index is -4.50. The van der Waals surface area contributed by atoms with Gasteiger partial charge in [0.1, 0.15) is 0 Å². The minimum Gasteiger partial charge on any atom is -0.481 e. The molecule has 0 spiro atoms. The van der Waals surface area contributed by atoms with Gasteiger partial charge in [0.05, 0.1) is 17.8 Å². The van der Waals surface area contributed by atoms with Crippen LogP contribution in [0.5, 0.6) is 0 Å². The van der Waals surface area contributed by atoms with Crippen molar-refractivity contribution in [1.82, 2.24) is 0 Å². The van der Waals surface area contributed by atoms with E-state index >= 15 is 0 Å². The van der Waals surface area contributed by atoms with Crippen molar-refractivity contribution in [2.24, 2.45) is 5.92 Å². The van der Waals surface area contributed by atoms with Crippen molar-refractivity contribution in [2.75, 3.05) is 17.8 Å². The number of alkyl halides is 3. The summed E-state index contributed by atoms with van der Waals surface area (Å²) in [6.45, 7) is 0. The maximum absolute atomic E-state index is 12.4. The maximum atomic E-state index is 12.4. The first-order chi connectivity index (χ1) is 11.4. The summed E-state index contributed by atoms with van der Waals surface area (Å²) < 4.78 is 49.4. The summed E-state index contributed by atoms with van der Waals surface area (Å²) in [7, 11) is -3.98. The van der Waals surface area contributed by atoms with Crippen LogP contribution >= 0.6 is 7.37 Å². The van der Waals surface area contributed by atoms with Crippen LogP contribution < -0.4 is 5.32 Å². The SMILES string of the molecule is O=C(O)CCC(CP(=O)(O)CNc1ccc(C(F)(F)F)cc1)C(=O)O. The number of anilines is 1.